The van der Waals surface area contributed by atoms with E-state index >= 15 is 0 Å². The van der Waals surface area contributed by atoms with Gasteiger partial charge in [0.2, 0.25) is 5.91 Å². The van der Waals surface area contributed by atoms with Gasteiger partial charge in [-0.2, -0.15) is 0 Å². The molecule has 3 rings (SSSR count). The fourth-order valence-corrected chi connectivity index (χ4v) is 3.17. The average Bonchev–Trinajstić information content (AvgIpc) is 3.06. The Hall–Kier alpha value is -2.05. The van der Waals surface area contributed by atoms with E-state index in [4.69, 9.17) is 9.47 Å². The summed E-state index contributed by atoms with van der Waals surface area (Å²) < 4.78 is 12.2. The highest BCUT2D eigenvalue weighted by Gasteiger charge is 2.45. The molecule has 1 atom stereocenters. The second-order valence-corrected chi connectivity index (χ2v) is 6.14. The predicted molar refractivity (Wildman–Crippen MR) is 77.3 cm³/mol. The third-order valence-corrected chi connectivity index (χ3v) is 4.59. The summed E-state index contributed by atoms with van der Waals surface area (Å²) in [5.41, 5.74) is -0.513. The van der Waals surface area contributed by atoms with Gasteiger partial charge in [-0.15, -0.1) is 0 Å². The van der Waals surface area contributed by atoms with E-state index < -0.39 is 11.8 Å². The van der Waals surface area contributed by atoms with E-state index in [0.717, 1.165) is 5.82 Å². The van der Waals surface area contributed by atoms with Crippen LogP contribution in [0.4, 0.5) is 4.79 Å². The first-order chi connectivity index (χ1) is 10.5. The molecule has 0 N–H and O–H groups in total. The van der Waals surface area contributed by atoms with Crippen molar-refractivity contribution >= 4 is 12.1 Å². The summed E-state index contributed by atoms with van der Waals surface area (Å²) in [6.07, 6.45) is 4.78. The van der Waals surface area contributed by atoms with Crippen molar-refractivity contribution in [1.29, 1.82) is 0 Å². The van der Waals surface area contributed by atoms with Crippen LogP contribution in [-0.2, 0) is 14.3 Å². The van der Waals surface area contributed by atoms with Crippen LogP contribution in [0.3, 0.4) is 0 Å². The molecule has 0 unspecified atom stereocenters. The van der Waals surface area contributed by atoms with Crippen molar-refractivity contribution in [3.8, 4) is 0 Å². The van der Waals surface area contributed by atoms with E-state index in [1.807, 2.05) is 29.5 Å². The van der Waals surface area contributed by atoms with Crippen molar-refractivity contribution < 1.29 is 19.1 Å². The molecule has 7 nitrogen and oxygen atoms in total. The van der Waals surface area contributed by atoms with Crippen molar-refractivity contribution in [3.05, 3.63) is 18.2 Å². The van der Waals surface area contributed by atoms with Crippen LogP contribution in [0.5, 0.6) is 0 Å². The van der Waals surface area contributed by atoms with Crippen LogP contribution in [0.1, 0.15) is 38.1 Å². The van der Waals surface area contributed by atoms with Gasteiger partial charge in [-0.25, -0.2) is 9.78 Å². The average molecular weight is 307 g/mol. The zero-order chi connectivity index (χ0) is 15.7. The fraction of sp³-hybridized carbons (Fsp3) is 0.667. The molecule has 1 spiro atoms. The van der Waals surface area contributed by atoms with E-state index in [2.05, 4.69) is 4.98 Å². The number of cyclic esters (lactones) is 1. The van der Waals surface area contributed by atoms with Crippen molar-refractivity contribution in [1.82, 2.24) is 14.5 Å². The molecule has 0 aromatic carbocycles. The van der Waals surface area contributed by atoms with E-state index in [0.29, 0.717) is 39.0 Å². The molecule has 0 bridgehead atoms. The first-order valence-electron chi connectivity index (χ1n) is 7.62. The van der Waals surface area contributed by atoms with Crippen LogP contribution in [0.25, 0.3) is 0 Å². The molecule has 1 aromatic rings. The standard InChI is InChI=1S/C15H21N3O4/c1-11(18-8-5-16-12(18)2)9-13(19)17-6-3-15(4-7-17)10-21-14(20)22-15/h5,8,11H,3-4,6-7,9-10H2,1-2H3/t11-/m1/s1. The summed E-state index contributed by atoms with van der Waals surface area (Å²) in [5.74, 6) is 1.04. The van der Waals surface area contributed by atoms with Crippen LogP contribution in [0, 0.1) is 6.92 Å². The summed E-state index contributed by atoms with van der Waals surface area (Å²) in [4.78, 5) is 29.6. The Morgan fingerprint density at radius 2 is 2.18 bits per heavy atom. The number of carbonyl (C=O) groups is 2. The maximum Gasteiger partial charge on any atom is 0.509 e. The zero-order valence-corrected chi connectivity index (χ0v) is 12.9. The van der Waals surface area contributed by atoms with Crippen LogP contribution < -0.4 is 0 Å². The third-order valence-electron chi connectivity index (χ3n) is 4.59. The van der Waals surface area contributed by atoms with Crippen LogP contribution in [-0.4, -0.2) is 51.8 Å². The van der Waals surface area contributed by atoms with Crippen molar-refractivity contribution in [2.75, 3.05) is 19.7 Å². The molecule has 7 heteroatoms. The van der Waals surface area contributed by atoms with E-state index in [9.17, 15) is 9.59 Å². The van der Waals surface area contributed by atoms with Gasteiger partial charge < -0.3 is 18.9 Å². The summed E-state index contributed by atoms with van der Waals surface area (Å²) in [5, 5.41) is 0. The number of amides is 1. The minimum atomic E-state index is -0.594. The molecule has 22 heavy (non-hydrogen) atoms. The highest BCUT2D eigenvalue weighted by atomic mass is 16.8. The molecule has 2 saturated heterocycles. The van der Waals surface area contributed by atoms with Gasteiger partial charge in [0.15, 0.2) is 5.60 Å². The summed E-state index contributed by atoms with van der Waals surface area (Å²) in [6.45, 7) is 5.46. The Labute approximate surface area is 129 Å². The lowest BCUT2D eigenvalue weighted by atomic mass is 9.92. The number of piperidine rings is 1. The Morgan fingerprint density at radius 3 is 2.73 bits per heavy atom. The number of hydrogen-bond donors (Lipinski definition) is 0. The molecule has 3 heterocycles. The molecule has 120 valence electrons. The maximum atomic E-state index is 12.4. The molecular formula is C15H21N3O4. The second-order valence-electron chi connectivity index (χ2n) is 6.14. The predicted octanol–water partition coefficient (Wildman–Crippen LogP) is 1.67. The van der Waals surface area contributed by atoms with Gasteiger partial charge in [0.05, 0.1) is 0 Å². The van der Waals surface area contributed by atoms with E-state index in [1.54, 1.807) is 6.20 Å². The number of nitrogens with zero attached hydrogens (tertiary/aromatic N) is 3. The lowest BCUT2D eigenvalue weighted by Gasteiger charge is -2.36. The number of hydrogen-bond acceptors (Lipinski definition) is 5. The van der Waals surface area contributed by atoms with Gasteiger partial charge >= 0.3 is 6.16 Å². The molecule has 2 fully saturated rings. The first kappa shape index (κ1) is 14.9. The smallest absolute Gasteiger partial charge is 0.430 e. The van der Waals surface area contributed by atoms with E-state index in [-0.39, 0.29) is 11.9 Å². The minimum Gasteiger partial charge on any atom is -0.430 e. The Bertz CT molecular complexity index is 575. The number of rotatable bonds is 3. The lowest BCUT2D eigenvalue weighted by Crippen LogP contribution is -2.48. The van der Waals surface area contributed by atoms with Gasteiger partial charge in [-0.3, -0.25) is 4.79 Å². The number of carbonyl (C=O) groups excluding carboxylic acids is 2. The minimum absolute atomic E-state index is 0.0820. The van der Waals surface area contributed by atoms with Crippen molar-refractivity contribution in [2.45, 2.75) is 44.8 Å². The highest BCUT2D eigenvalue weighted by molar-refractivity contribution is 5.76. The Kier molecular flexibility index (Phi) is 3.80. The van der Waals surface area contributed by atoms with Crippen molar-refractivity contribution in [3.63, 3.8) is 0 Å². The number of aryl methyl sites for hydroxylation is 1. The van der Waals surface area contributed by atoms with Crippen LogP contribution in [0.15, 0.2) is 12.4 Å². The molecule has 0 radical (unpaired) electrons. The Morgan fingerprint density at radius 1 is 1.45 bits per heavy atom. The molecular weight excluding hydrogens is 286 g/mol. The number of likely N-dealkylation sites (tertiary alicyclic amines) is 1. The molecule has 1 amide bonds. The van der Waals surface area contributed by atoms with Crippen LogP contribution >= 0.6 is 0 Å². The number of imidazole rings is 1. The molecule has 1 aromatic heterocycles. The molecule has 0 aliphatic carbocycles. The van der Waals surface area contributed by atoms with Gasteiger partial charge in [0.25, 0.3) is 0 Å². The zero-order valence-electron chi connectivity index (χ0n) is 12.9. The summed E-state index contributed by atoms with van der Waals surface area (Å²) in [7, 11) is 0. The first-order valence-corrected chi connectivity index (χ1v) is 7.62. The van der Waals surface area contributed by atoms with Crippen LogP contribution in [0.2, 0.25) is 0 Å². The largest absolute Gasteiger partial charge is 0.509 e. The highest BCUT2D eigenvalue weighted by Crippen LogP contribution is 2.32. The SMILES string of the molecule is Cc1nccn1[C@H](C)CC(=O)N1CCC2(CC1)COC(=O)O2. The summed E-state index contributed by atoms with van der Waals surface area (Å²) in [6, 6.07) is 0.0820. The second kappa shape index (κ2) is 5.62. The molecule has 0 saturated carbocycles. The number of ether oxygens (including phenoxy) is 2. The maximum absolute atomic E-state index is 12.4. The third kappa shape index (κ3) is 2.80. The number of aromatic nitrogens is 2. The quantitative estimate of drug-likeness (QED) is 0.794. The summed E-state index contributed by atoms with van der Waals surface area (Å²) >= 11 is 0. The monoisotopic (exact) mass is 307 g/mol. The van der Waals surface area contributed by atoms with Gasteiger partial charge in [-0.1, -0.05) is 0 Å². The van der Waals surface area contributed by atoms with Gasteiger partial charge in [-0.05, 0) is 13.8 Å². The van der Waals surface area contributed by atoms with E-state index in [1.165, 1.54) is 0 Å². The van der Waals surface area contributed by atoms with Gasteiger partial charge in [0.1, 0.15) is 12.4 Å². The molecule has 2 aliphatic heterocycles. The topological polar surface area (TPSA) is 73.7 Å². The van der Waals surface area contributed by atoms with Crippen molar-refractivity contribution in [2.24, 2.45) is 0 Å². The molecule has 2 aliphatic rings. The lowest BCUT2D eigenvalue weighted by molar-refractivity contribution is -0.135. The van der Waals surface area contributed by atoms with Gasteiger partial charge in [0, 0.05) is 50.8 Å². The normalized spacial score (nSPS) is 21.5. The fourth-order valence-electron chi connectivity index (χ4n) is 3.17. The Balaban J connectivity index is 1.54.